The van der Waals surface area contributed by atoms with Crippen molar-refractivity contribution in [3.05, 3.63) is 94.5 Å². The van der Waals surface area contributed by atoms with Crippen molar-refractivity contribution in [3.8, 4) is 0 Å². The number of anilines is 1. The summed E-state index contributed by atoms with van der Waals surface area (Å²) < 4.78 is 28.8. The van der Waals surface area contributed by atoms with Crippen LogP contribution in [-0.2, 0) is 4.79 Å². The van der Waals surface area contributed by atoms with Crippen LogP contribution in [0.3, 0.4) is 0 Å². The van der Waals surface area contributed by atoms with Crippen LogP contribution in [0.2, 0.25) is 5.02 Å². The number of benzene rings is 2. The van der Waals surface area contributed by atoms with E-state index >= 15 is 0 Å². The van der Waals surface area contributed by atoms with E-state index in [1.807, 2.05) is 18.2 Å². The predicted octanol–water partition coefficient (Wildman–Crippen LogP) is 5.84. The molecule has 0 spiro atoms. The summed E-state index contributed by atoms with van der Waals surface area (Å²) in [5.41, 5.74) is 7.58. The first-order chi connectivity index (χ1) is 16.4. The molecule has 1 saturated carbocycles. The molecule has 172 valence electrons. The molecule has 2 unspecified atom stereocenters. The number of carbonyl (C=O) groups excluding carboxylic acids is 1. The zero-order valence-corrected chi connectivity index (χ0v) is 19.3. The molecule has 1 aliphatic carbocycles. The third kappa shape index (κ3) is 4.31. The average molecular weight is 497 g/mol. The van der Waals surface area contributed by atoms with Crippen molar-refractivity contribution in [1.29, 1.82) is 0 Å². The molecule has 5 rings (SSSR count). The van der Waals surface area contributed by atoms with Crippen LogP contribution in [0.5, 0.6) is 0 Å². The molecular weight excluding hydrogens is 478 g/mol. The standard InChI is InChI=1S/C25H19ClF2N4OS/c26-15-7-9-21(30-13-15)20(28)11-14-6-8-19(27)17(10-14)22-18-12-25(18,34-24(29)32-22)23(33)31-16-4-2-1-3-5-16/h1-11,13,18,22H,12H2,(H2,29,32)(H,31,33)/b20-11-/t18?,22?,25-/m0/s1. The van der Waals surface area contributed by atoms with Crippen molar-refractivity contribution in [2.75, 3.05) is 5.32 Å². The van der Waals surface area contributed by atoms with Gasteiger partial charge in [-0.3, -0.25) is 14.8 Å². The van der Waals surface area contributed by atoms with E-state index in [1.54, 1.807) is 18.2 Å². The SMILES string of the molecule is NC1=NC(c2cc(/C=C(\F)c3ccc(Cl)cn3)ccc2F)C2C[C@]2(C(=O)Nc2ccccc2)S1. The summed E-state index contributed by atoms with van der Waals surface area (Å²) in [6, 6.07) is 15.8. The maximum absolute atomic E-state index is 14.9. The maximum Gasteiger partial charge on any atom is 0.241 e. The molecule has 2 aromatic carbocycles. The minimum Gasteiger partial charge on any atom is -0.378 e. The highest BCUT2D eigenvalue weighted by molar-refractivity contribution is 8.15. The Morgan fingerprint density at radius 2 is 2.00 bits per heavy atom. The summed E-state index contributed by atoms with van der Waals surface area (Å²) in [7, 11) is 0. The fourth-order valence-electron chi connectivity index (χ4n) is 4.16. The van der Waals surface area contributed by atoms with Gasteiger partial charge < -0.3 is 11.1 Å². The van der Waals surface area contributed by atoms with Gasteiger partial charge in [0.15, 0.2) is 5.17 Å². The number of thioether (sulfide) groups is 1. The van der Waals surface area contributed by atoms with Crippen LogP contribution in [-0.4, -0.2) is 20.8 Å². The number of amides is 1. The quantitative estimate of drug-likeness (QED) is 0.465. The molecule has 2 heterocycles. The first-order valence-corrected chi connectivity index (χ1v) is 11.7. The lowest BCUT2D eigenvalue weighted by atomic mass is 9.98. The van der Waals surface area contributed by atoms with Gasteiger partial charge in [-0.2, -0.15) is 0 Å². The van der Waals surface area contributed by atoms with Crippen molar-refractivity contribution < 1.29 is 13.6 Å². The Bertz CT molecular complexity index is 1320. The summed E-state index contributed by atoms with van der Waals surface area (Å²) in [5.74, 6) is -1.49. The Labute approximate surface area is 204 Å². The largest absolute Gasteiger partial charge is 0.378 e. The van der Waals surface area contributed by atoms with Crippen molar-refractivity contribution in [3.63, 3.8) is 0 Å². The topological polar surface area (TPSA) is 80.4 Å². The van der Waals surface area contributed by atoms with E-state index in [1.165, 1.54) is 48.3 Å². The van der Waals surface area contributed by atoms with Crippen LogP contribution >= 0.6 is 23.4 Å². The number of nitrogens with one attached hydrogen (secondary N) is 1. The van der Waals surface area contributed by atoms with Gasteiger partial charge in [0, 0.05) is 23.4 Å². The predicted molar refractivity (Wildman–Crippen MR) is 132 cm³/mol. The molecule has 9 heteroatoms. The van der Waals surface area contributed by atoms with Gasteiger partial charge >= 0.3 is 0 Å². The molecular formula is C25H19ClF2N4OS. The van der Waals surface area contributed by atoms with E-state index in [9.17, 15) is 13.6 Å². The molecule has 0 radical (unpaired) electrons. The van der Waals surface area contributed by atoms with E-state index in [-0.39, 0.29) is 28.3 Å². The number of aromatic nitrogens is 1. The summed E-state index contributed by atoms with van der Waals surface area (Å²) in [6.07, 6.45) is 3.13. The zero-order valence-electron chi connectivity index (χ0n) is 17.7. The van der Waals surface area contributed by atoms with E-state index < -0.39 is 22.4 Å². The van der Waals surface area contributed by atoms with E-state index in [0.717, 1.165) is 0 Å². The lowest BCUT2D eigenvalue weighted by molar-refractivity contribution is -0.116. The summed E-state index contributed by atoms with van der Waals surface area (Å²) in [5, 5.41) is 3.54. The van der Waals surface area contributed by atoms with E-state index in [2.05, 4.69) is 15.3 Å². The van der Waals surface area contributed by atoms with Crippen molar-refractivity contribution in [2.24, 2.45) is 16.6 Å². The Kier molecular flexibility index (Phi) is 5.87. The molecule has 3 N–H and O–H groups in total. The fraction of sp³-hybridized carbons (Fsp3) is 0.160. The number of nitrogens with two attached hydrogens (primary N) is 1. The summed E-state index contributed by atoms with van der Waals surface area (Å²) in [4.78, 5) is 21.5. The first-order valence-electron chi connectivity index (χ1n) is 10.5. The minimum absolute atomic E-state index is 0.116. The van der Waals surface area contributed by atoms with Crippen LogP contribution in [0, 0.1) is 11.7 Å². The van der Waals surface area contributed by atoms with Gasteiger partial charge in [-0.05, 0) is 54.5 Å². The van der Waals surface area contributed by atoms with Crippen LogP contribution < -0.4 is 11.1 Å². The molecule has 1 amide bonds. The molecule has 1 aromatic heterocycles. The monoisotopic (exact) mass is 496 g/mol. The summed E-state index contributed by atoms with van der Waals surface area (Å²) in [6.45, 7) is 0. The third-order valence-corrected chi connectivity index (χ3v) is 7.47. The van der Waals surface area contributed by atoms with Gasteiger partial charge in [0.25, 0.3) is 0 Å². The van der Waals surface area contributed by atoms with Gasteiger partial charge in [-0.15, -0.1) is 0 Å². The highest BCUT2D eigenvalue weighted by Gasteiger charge is 2.66. The van der Waals surface area contributed by atoms with Gasteiger partial charge in [-0.25, -0.2) is 8.78 Å². The Hall–Kier alpha value is -3.23. The molecule has 1 fully saturated rings. The Balaban J connectivity index is 1.42. The van der Waals surface area contributed by atoms with Crippen LogP contribution in [0.15, 0.2) is 71.9 Å². The second-order valence-electron chi connectivity index (χ2n) is 8.17. The maximum atomic E-state index is 14.9. The van der Waals surface area contributed by atoms with Crippen molar-refractivity contribution in [1.82, 2.24) is 4.98 Å². The lowest BCUT2D eigenvalue weighted by Gasteiger charge is -2.25. The molecule has 0 bridgehead atoms. The third-order valence-electron chi connectivity index (χ3n) is 5.92. The van der Waals surface area contributed by atoms with Crippen molar-refractivity contribution >= 4 is 52.0 Å². The number of carbonyl (C=O) groups is 1. The summed E-state index contributed by atoms with van der Waals surface area (Å²) >= 11 is 7.02. The number of rotatable bonds is 5. The first kappa shape index (κ1) is 22.6. The number of pyridine rings is 1. The smallest absolute Gasteiger partial charge is 0.241 e. The fourth-order valence-corrected chi connectivity index (χ4v) is 5.50. The van der Waals surface area contributed by atoms with Gasteiger partial charge in [0.2, 0.25) is 5.91 Å². The second kappa shape index (κ2) is 8.85. The number of amidine groups is 1. The van der Waals surface area contributed by atoms with Crippen LogP contribution in [0.4, 0.5) is 14.5 Å². The molecule has 1 aliphatic heterocycles. The van der Waals surface area contributed by atoms with Gasteiger partial charge in [0.05, 0.1) is 16.8 Å². The molecule has 2 aliphatic rings. The van der Waals surface area contributed by atoms with Crippen LogP contribution in [0.25, 0.3) is 11.9 Å². The lowest BCUT2D eigenvalue weighted by Crippen LogP contribution is -2.35. The highest BCUT2D eigenvalue weighted by atomic mass is 35.5. The molecule has 0 saturated heterocycles. The molecule has 3 aromatic rings. The zero-order chi connectivity index (χ0) is 23.9. The number of aliphatic imine (C=N–C) groups is 1. The normalized spacial score (nSPS) is 23.6. The number of nitrogens with zero attached hydrogens (tertiary/aromatic N) is 2. The number of fused-ring (bicyclic) bond motifs is 1. The molecule has 3 atom stereocenters. The van der Waals surface area contributed by atoms with Crippen molar-refractivity contribution in [2.45, 2.75) is 17.2 Å². The Morgan fingerprint density at radius 3 is 2.74 bits per heavy atom. The Morgan fingerprint density at radius 1 is 1.21 bits per heavy atom. The van der Waals surface area contributed by atoms with E-state index in [0.29, 0.717) is 22.7 Å². The number of hydrogen-bond donors (Lipinski definition) is 2. The second-order valence-corrected chi connectivity index (χ2v) is 9.96. The van der Waals surface area contributed by atoms with Gasteiger partial charge in [-0.1, -0.05) is 47.6 Å². The number of para-hydroxylation sites is 1. The minimum atomic E-state index is -0.816. The molecule has 34 heavy (non-hydrogen) atoms. The van der Waals surface area contributed by atoms with Crippen LogP contribution in [0.1, 0.15) is 29.3 Å². The number of hydrogen-bond acceptors (Lipinski definition) is 5. The van der Waals surface area contributed by atoms with E-state index in [4.69, 9.17) is 17.3 Å². The average Bonchev–Trinajstić information content (AvgIpc) is 3.57. The number of halogens is 3. The molecule has 5 nitrogen and oxygen atoms in total. The van der Waals surface area contributed by atoms with Gasteiger partial charge in [0.1, 0.15) is 16.4 Å². The highest BCUT2D eigenvalue weighted by Crippen LogP contribution is 2.64.